The minimum atomic E-state index is 0.0878. The van der Waals surface area contributed by atoms with Crippen LogP contribution in [0.4, 0.5) is 5.95 Å². The highest BCUT2D eigenvalue weighted by Gasteiger charge is 2.23. The summed E-state index contributed by atoms with van der Waals surface area (Å²) < 4.78 is 0. The van der Waals surface area contributed by atoms with E-state index in [1.165, 1.54) is 0 Å². The highest BCUT2D eigenvalue weighted by Crippen LogP contribution is 2.20. The Morgan fingerprint density at radius 2 is 1.88 bits per heavy atom. The number of nitrogens with one attached hydrogen (secondary N) is 1. The third-order valence-electron chi connectivity index (χ3n) is 3.15. The Bertz CT molecular complexity index is 318. The molecule has 4 nitrogen and oxygen atoms in total. The van der Waals surface area contributed by atoms with Crippen molar-refractivity contribution in [2.45, 2.75) is 39.3 Å². The predicted molar refractivity (Wildman–Crippen MR) is 67.6 cm³/mol. The van der Waals surface area contributed by atoms with Gasteiger partial charge < -0.3 is 10.2 Å². The van der Waals surface area contributed by atoms with Crippen LogP contribution < -0.4 is 10.2 Å². The summed E-state index contributed by atoms with van der Waals surface area (Å²) in [7, 11) is 3.96. The van der Waals surface area contributed by atoms with Crippen molar-refractivity contribution in [2.24, 2.45) is 0 Å². The Balaban J connectivity index is 2.81. The van der Waals surface area contributed by atoms with Crippen molar-refractivity contribution in [3.05, 3.63) is 18.0 Å². The van der Waals surface area contributed by atoms with Crippen molar-refractivity contribution in [3.63, 3.8) is 0 Å². The first-order valence-electron chi connectivity index (χ1n) is 5.70. The van der Waals surface area contributed by atoms with E-state index in [-0.39, 0.29) is 5.54 Å². The molecule has 0 atom stereocenters. The molecule has 0 aromatic carbocycles. The summed E-state index contributed by atoms with van der Waals surface area (Å²) in [6.07, 6.45) is 4.81. The van der Waals surface area contributed by atoms with Gasteiger partial charge in [0.25, 0.3) is 0 Å². The lowest BCUT2D eigenvalue weighted by Crippen LogP contribution is -2.41. The number of nitrogens with zero attached hydrogens (tertiary/aromatic N) is 3. The van der Waals surface area contributed by atoms with E-state index in [1.807, 2.05) is 26.5 Å². The maximum Gasteiger partial charge on any atom is 0.225 e. The minimum absolute atomic E-state index is 0.0878. The molecule has 0 unspecified atom stereocenters. The summed E-state index contributed by atoms with van der Waals surface area (Å²) in [5.41, 5.74) is 1.19. The lowest BCUT2D eigenvalue weighted by molar-refractivity contribution is 0.463. The summed E-state index contributed by atoms with van der Waals surface area (Å²) in [6, 6.07) is 0. The van der Waals surface area contributed by atoms with Crippen LogP contribution in [0.3, 0.4) is 0 Å². The number of anilines is 1. The monoisotopic (exact) mass is 222 g/mol. The first-order valence-corrected chi connectivity index (χ1v) is 5.70. The molecule has 0 saturated heterocycles. The Hall–Kier alpha value is -1.16. The molecular weight excluding hydrogens is 200 g/mol. The molecule has 4 heteroatoms. The van der Waals surface area contributed by atoms with Gasteiger partial charge in [-0.3, -0.25) is 0 Å². The minimum Gasteiger partial charge on any atom is -0.339 e. The number of hydrogen-bond acceptors (Lipinski definition) is 4. The second-order valence-electron chi connectivity index (χ2n) is 4.65. The third-order valence-corrected chi connectivity index (χ3v) is 3.15. The predicted octanol–water partition coefficient (Wildman–Crippen LogP) is 1.82. The molecule has 0 amide bonds. The fourth-order valence-corrected chi connectivity index (χ4v) is 1.32. The molecule has 1 N–H and O–H groups in total. The zero-order chi connectivity index (χ0) is 12.2. The molecule has 1 rings (SSSR count). The Kier molecular flexibility index (Phi) is 4.24. The van der Waals surface area contributed by atoms with Gasteiger partial charge in [0.2, 0.25) is 5.95 Å². The first-order chi connectivity index (χ1) is 7.51. The second kappa shape index (κ2) is 5.25. The first kappa shape index (κ1) is 12.9. The fourth-order valence-electron chi connectivity index (χ4n) is 1.32. The van der Waals surface area contributed by atoms with Crippen LogP contribution in [0.1, 0.15) is 32.8 Å². The van der Waals surface area contributed by atoms with E-state index < -0.39 is 0 Å². The average molecular weight is 222 g/mol. The zero-order valence-corrected chi connectivity index (χ0v) is 10.9. The van der Waals surface area contributed by atoms with Gasteiger partial charge in [-0.15, -0.1) is 0 Å². The van der Waals surface area contributed by atoms with Crippen LogP contribution in [0, 0.1) is 0 Å². The van der Waals surface area contributed by atoms with Crippen LogP contribution in [-0.4, -0.2) is 29.6 Å². The summed E-state index contributed by atoms with van der Waals surface area (Å²) in [4.78, 5) is 10.9. The van der Waals surface area contributed by atoms with Gasteiger partial charge in [-0.25, -0.2) is 9.97 Å². The van der Waals surface area contributed by atoms with Gasteiger partial charge >= 0.3 is 0 Å². The van der Waals surface area contributed by atoms with Crippen molar-refractivity contribution in [1.82, 2.24) is 15.3 Å². The normalized spacial score (nSPS) is 11.6. The molecule has 1 heterocycles. The van der Waals surface area contributed by atoms with Crippen molar-refractivity contribution in [2.75, 3.05) is 19.0 Å². The summed E-state index contributed by atoms with van der Waals surface area (Å²) in [5, 5.41) is 3.08. The van der Waals surface area contributed by atoms with Crippen LogP contribution in [0.15, 0.2) is 12.4 Å². The molecule has 0 saturated carbocycles. The Morgan fingerprint density at radius 1 is 1.31 bits per heavy atom. The summed E-state index contributed by atoms with van der Waals surface area (Å²) >= 11 is 0. The molecule has 0 spiro atoms. The smallest absolute Gasteiger partial charge is 0.225 e. The van der Waals surface area contributed by atoms with Crippen LogP contribution in [0.25, 0.3) is 0 Å². The van der Waals surface area contributed by atoms with Gasteiger partial charge in [0.15, 0.2) is 0 Å². The molecule has 16 heavy (non-hydrogen) atoms. The quantitative estimate of drug-likeness (QED) is 0.825. The standard InChI is InChI=1S/C12H22N4/c1-6-12(2,3)16(5)11-14-8-10(7-13-4)9-15-11/h8-9,13H,6-7H2,1-5H3. The highest BCUT2D eigenvalue weighted by molar-refractivity contribution is 5.32. The van der Waals surface area contributed by atoms with E-state index in [0.717, 1.165) is 24.5 Å². The zero-order valence-electron chi connectivity index (χ0n) is 10.9. The maximum atomic E-state index is 4.39. The topological polar surface area (TPSA) is 41.1 Å². The SMILES string of the molecule is CCC(C)(C)N(C)c1ncc(CNC)cn1. The molecule has 1 aromatic rings. The lowest BCUT2D eigenvalue weighted by Gasteiger charge is -2.34. The van der Waals surface area contributed by atoms with Gasteiger partial charge in [0.05, 0.1) is 0 Å². The molecule has 90 valence electrons. The largest absolute Gasteiger partial charge is 0.339 e. The van der Waals surface area contributed by atoms with Gasteiger partial charge in [-0.2, -0.15) is 0 Å². The van der Waals surface area contributed by atoms with E-state index in [0.29, 0.717) is 0 Å². The summed E-state index contributed by atoms with van der Waals surface area (Å²) in [5.74, 6) is 0.784. The van der Waals surface area contributed by atoms with Gasteiger partial charge in [0, 0.05) is 37.1 Å². The number of rotatable bonds is 5. The van der Waals surface area contributed by atoms with Crippen LogP contribution in [0.5, 0.6) is 0 Å². The highest BCUT2D eigenvalue weighted by atomic mass is 15.3. The number of hydrogen-bond donors (Lipinski definition) is 1. The molecule has 0 bridgehead atoms. The van der Waals surface area contributed by atoms with Crippen molar-refractivity contribution < 1.29 is 0 Å². The molecule has 0 aliphatic carbocycles. The van der Waals surface area contributed by atoms with E-state index in [4.69, 9.17) is 0 Å². The maximum absolute atomic E-state index is 4.39. The molecule has 0 aliphatic heterocycles. The van der Waals surface area contributed by atoms with Gasteiger partial charge in [-0.1, -0.05) is 6.92 Å². The summed E-state index contributed by atoms with van der Waals surface area (Å²) in [6.45, 7) is 7.36. The van der Waals surface area contributed by atoms with E-state index in [1.54, 1.807) is 0 Å². The van der Waals surface area contributed by atoms with E-state index >= 15 is 0 Å². The van der Waals surface area contributed by atoms with Crippen molar-refractivity contribution in [1.29, 1.82) is 0 Å². The van der Waals surface area contributed by atoms with Crippen molar-refractivity contribution >= 4 is 5.95 Å². The van der Waals surface area contributed by atoms with E-state index in [2.05, 4.69) is 41.0 Å². The van der Waals surface area contributed by atoms with Crippen LogP contribution in [0.2, 0.25) is 0 Å². The molecule has 0 aliphatic rings. The van der Waals surface area contributed by atoms with Gasteiger partial charge in [0.1, 0.15) is 0 Å². The lowest BCUT2D eigenvalue weighted by atomic mass is 10.0. The molecule has 0 fully saturated rings. The second-order valence-corrected chi connectivity index (χ2v) is 4.65. The number of aromatic nitrogens is 2. The van der Waals surface area contributed by atoms with E-state index in [9.17, 15) is 0 Å². The third kappa shape index (κ3) is 2.92. The Labute approximate surface area is 98.1 Å². The van der Waals surface area contributed by atoms with Crippen LogP contribution in [-0.2, 0) is 6.54 Å². The van der Waals surface area contributed by atoms with Crippen LogP contribution >= 0.6 is 0 Å². The Morgan fingerprint density at radius 3 is 2.31 bits per heavy atom. The average Bonchev–Trinajstić information content (AvgIpc) is 2.29. The van der Waals surface area contributed by atoms with Gasteiger partial charge in [-0.05, 0) is 27.3 Å². The fraction of sp³-hybridized carbons (Fsp3) is 0.667. The molecule has 1 aromatic heterocycles. The van der Waals surface area contributed by atoms with Crippen molar-refractivity contribution in [3.8, 4) is 0 Å². The molecule has 0 radical (unpaired) electrons. The molecular formula is C12H22N4.